The van der Waals surface area contributed by atoms with Crippen molar-refractivity contribution in [2.45, 2.75) is 61.2 Å². The lowest BCUT2D eigenvalue weighted by Crippen LogP contribution is -2.46. The van der Waals surface area contributed by atoms with E-state index in [1.54, 1.807) is 27.3 Å². The quantitative estimate of drug-likeness (QED) is 0.0905. The first-order chi connectivity index (χ1) is 28.0. The van der Waals surface area contributed by atoms with E-state index in [4.69, 9.17) is 9.47 Å². The number of thiol groups is 3. The second-order valence-corrected chi connectivity index (χ2v) is 19.3. The van der Waals surface area contributed by atoms with Crippen molar-refractivity contribution in [1.29, 1.82) is 0 Å². The molecular formula is C44H61N7O4S3. The number of carbonyl (C=O) groups excluding carboxylic acids is 2. The van der Waals surface area contributed by atoms with E-state index in [-0.39, 0.29) is 17.9 Å². The summed E-state index contributed by atoms with van der Waals surface area (Å²) in [5.74, 6) is 2.40. The van der Waals surface area contributed by atoms with E-state index < -0.39 is 3.54 Å². The molecule has 7 rings (SSSR count). The largest absolute Gasteiger partial charge is 0.496 e. The van der Waals surface area contributed by atoms with Gasteiger partial charge in [0.15, 0.2) is 3.54 Å². The lowest BCUT2D eigenvalue weighted by atomic mass is 9.87. The van der Waals surface area contributed by atoms with Crippen LogP contribution < -0.4 is 25.0 Å². The monoisotopic (exact) mass is 847 g/mol. The standard InChI is InChI=1S/C44H61N7O4S3/c1-5-34(8-9-42(52)45-2)51-27-31-6-7-35(24-37(31)43(51)53)49-16-12-30(13-17-49)11-15-47-18-20-48(21-19-47)28-39-40(54-3)22-32(23-41(39)55-4)38-29-50(44(56,57)58)26-33-25-46-14-10-36(33)38/h5-7,22-24,29-30,34,46,56-58H,1,8-21,25-28H2,2-4H3,(H,45,52). The predicted octanol–water partition coefficient (Wildman–Crippen LogP) is 5.51. The number of nitrogens with zero attached hydrogens (tertiary/aromatic N) is 5. The van der Waals surface area contributed by atoms with Crippen LogP contribution in [-0.2, 0) is 17.9 Å². The Balaban J connectivity index is 0.894. The highest BCUT2D eigenvalue weighted by atomic mass is 32.2. The maximum Gasteiger partial charge on any atom is 0.255 e. The van der Waals surface area contributed by atoms with Crippen molar-refractivity contribution < 1.29 is 19.1 Å². The van der Waals surface area contributed by atoms with Gasteiger partial charge >= 0.3 is 0 Å². The molecule has 2 amide bonds. The van der Waals surface area contributed by atoms with E-state index >= 15 is 0 Å². The second-order valence-electron chi connectivity index (χ2n) is 16.3. The number of hydrogen-bond donors (Lipinski definition) is 5. The minimum atomic E-state index is -0.889. The fourth-order valence-corrected chi connectivity index (χ4v) is 9.64. The molecule has 5 aliphatic heterocycles. The number of methoxy groups -OCH3 is 2. The van der Waals surface area contributed by atoms with Gasteiger partial charge < -0.3 is 39.7 Å². The fourth-order valence-electron chi connectivity index (χ4n) is 9.25. The van der Waals surface area contributed by atoms with Gasteiger partial charge in [0.25, 0.3) is 5.91 Å². The number of rotatable bonds is 15. The van der Waals surface area contributed by atoms with E-state index in [1.807, 2.05) is 4.90 Å². The molecule has 5 aliphatic rings. The first kappa shape index (κ1) is 42.8. The van der Waals surface area contributed by atoms with Gasteiger partial charge in [0.1, 0.15) is 11.5 Å². The third-order valence-electron chi connectivity index (χ3n) is 12.8. The molecule has 1 unspecified atom stereocenters. The molecule has 2 aromatic carbocycles. The summed E-state index contributed by atoms with van der Waals surface area (Å²) < 4.78 is 11.2. The third kappa shape index (κ3) is 9.68. The van der Waals surface area contributed by atoms with Crippen molar-refractivity contribution in [3.8, 4) is 11.5 Å². The zero-order chi connectivity index (χ0) is 41.0. The molecule has 1 atom stereocenters. The lowest BCUT2D eigenvalue weighted by molar-refractivity contribution is -0.120. The molecule has 2 N–H and O–H groups in total. The Hall–Kier alpha value is -3.27. The summed E-state index contributed by atoms with van der Waals surface area (Å²) in [6.45, 7) is 15.0. The Bertz CT molecular complexity index is 1870. The highest BCUT2D eigenvalue weighted by Gasteiger charge is 2.34. The first-order valence-corrected chi connectivity index (χ1v) is 22.1. The Labute approximate surface area is 361 Å². The van der Waals surface area contributed by atoms with Gasteiger partial charge in [0, 0.05) is 102 Å². The third-order valence-corrected chi connectivity index (χ3v) is 13.6. The van der Waals surface area contributed by atoms with Gasteiger partial charge in [0.05, 0.1) is 25.8 Å². The summed E-state index contributed by atoms with van der Waals surface area (Å²) >= 11 is 14.0. The van der Waals surface area contributed by atoms with E-state index in [1.165, 1.54) is 17.6 Å². The number of hydrogen-bond acceptors (Lipinski definition) is 12. The number of piperazine rings is 1. The van der Waals surface area contributed by atoms with Crippen LogP contribution in [0, 0.1) is 5.92 Å². The number of allylic oxidation sites excluding steroid dienone is 1. The minimum Gasteiger partial charge on any atom is -0.496 e. The number of nitrogens with one attached hydrogen (secondary N) is 2. The van der Waals surface area contributed by atoms with Gasteiger partial charge in [-0.05, 0) is 97.7 Å². The smallest absolute Gasteiger partial charge is 0.255 e. The van der Waals surface area contributed by atoms with Gasteiger partial charge in [-0.3, -0.25) is 14.5 Å². The van der Waals surface area contributed by atoms with Crippen LogP contribution in [-0.4, -0.2) is 128 Å². The van der Waals surface area contributed by atoms with Gasteiger partial charge in [-0.25, -0.2) is 0 Å². The van der Waals surface area contributed by atoms with Crippen molar-refractivity contribution in [1.82, 2.24) is 30.2 Å². The molecule has 2 saturated heterocycles. The molecule has 314 valence electrons. The van der Waals surface area contributed by atoms with Crippen molar-refractivity contribution in [2.24, 2.45) is 5.92 Å². The van der Waals surface area contributed by atoms with Crippen LogP contribution in [0.25, 0.3) is 5.57 Å². The molecule has 5 heterocycles. The molecule has 0 saturated carbocycles. The average Bonchev–Trinajstić information content (AvgIpc) is 3.57. The topological polar surface area (TPSA) is 92.9 Å². The zero-order valence-electron chi connectivity index (χ0n) is 34.3. The molecule has 0 bridgehead atoms. The summed E-state index contributed by atoms with van der Waals surface area (Å²) in [6.07, 6.45) is 9.36. The molecule has 0 aromatic heterocycles. The number of ether oxygens (including phenoxy) is 2. The summed E-state index contributed by atoms with van der Waals surface area (Å²) in [5, 5.41) is 6.18. The molecule has 0 aliphatic carbocycles. The van der Waals surface area contributed by atoms with Gasteiger partial charge in [0.2, 0.25) is 5.91 Å². The molecular weight excluding hydrogens is 787 g/mol. The first-order valence-electron chi connectivity index (χ1n) is 20.8. The molecule has 0 radical (unpaired) electrons. The molecule has 11 nitrogen and oxygen atoms in total. The highest BCUT2D eigenvalue weighted by molar-refractivity contribution is 8.16. The Morgan fingerprint density at radius 3 is 2.38 bits per heavy atom. The molecule has 2 aromatic rings. The summed E-state index contributed by atoms with van der Waals surface area (Å²) in [6, 6.07) is 10.5. The number of fused-ring (bicyclic) bond motifs is 1. The summed E-state index contributed by atoms with van der Waals surface area (Å²) in [7, 11) is 5.14. The Kier molecular flexibility index (Phi) is 14.0. The second kappa shape index (κ2) is 19.0. The molecule has 2 fully saturated rings. The van der Waals surface area contributed by atoms with Crippen LogP contribution in [0.4, 0.5) is 5.69 Å². The summed E-state index contributed by atoms with van der Waals surface area (Å²) in [4.78, 5) is 36.8. The van der Waals surface area contributed by atoms with Crippen LogP contribution in [0.3, 0.4) is 0 Å². The number of carbonyl (C=O) groups is 2. The predicted molar refractivity (Wildman–Crippen MR) is 243 cm³/mol. The highest BCUT2D eigenvalue weighted by Crippen LogP contribution is 2.43. The van der Waals surface area contributed by atoms with Crippen LogP contribution in [0.2, 0.25) is 0 Å². The lowest BCUT2D eigenvalue weighted by Gasteiger charge is -2.39. The molecule has 58 heavy (non-hydrogen) atoms. The van der Waals surface area contributed by atoms with Gasteiger partial charge in [-0.1, -0.05) is 12.1 Å². The van der Waals surface area contributed by atoms with E-state index in [0.717, 1.165) is 136 Å². The van der Waals surface area contributed by atoms with Gasteiger partial charge in [-0.15, -0.1) is 44.5 Å². The Morgan fingerprint density at radius 1 is 1.02 bits per heavy atom. The number of piperidine rings is 1. The average molecular weight is 848 g/mol. The van der Waals surface area contributed by atoms with Crippen molar-refractivity contribution in [3.05, 3.63) is 82.6 Å². The van der Waals surface area contributed by atoms with E-state index in [0.29, 0.717) is 25.3 Å². The molecule has 0 spiro atoms. The van der Waals surface area contributed by atoms with Crippen LogP contribution in [0.5, 0.6) is 11.5 Å². The van der Waals surface area contributed by atoms with E-state index in [9.17, 15) is 9.59 Å². The van der Waals surface area contributed by atoms with Crippen LogP contribution >= 0.6 is 37.9 Å². The molecule has 14 heteroatoms. The van der Waals surface area contributed by atoms with E-state index in [2.05, 4.69) is 111 Å². The number of anilines is 1. The maximum atomic E-state index is 13.5. The summed E-state index contributed by atoms with van der Waals surface area (Å²) in [5.41, 5.74) is 8.96. The van der Waals surface area contributed by atoms with Gasteiger partial charge in [-0.2, -0.15) is 0 Å². The van der Waals surface area contributed by atoms with Crippen molar-refractivity contribution in [3.63, 3.8) is 0 Å². The zero-order valence-corrected chi connectivity index (χ0v) is 37.0. The van der Waals surface area contributed by atoms with Crippen molar-refractivity contribution >= 4 is 61.0 Å². The number of benzene rings is 2. The van der Waals surface area contributed by atoms with Crippen LogP contribution in [0.1, 0.15) is 65.6 Å². The maximum absolute atomic E-state index is 13.5. The van der Waals surface area contributed by atoms with Crippen LogP contribution in [0.15, 0.2) is 60.3 Å². The SMILES string of the molecule is C=CC(CCC(=O)NC)N1Cc2ccc(N3CCC(CCN4CCN(Cc5c(OC)cc(C6=CN(C(S)(S)S)CC7=C6CCNC7)cc5OC)CC4)CC3)cc2C1=O. The minimum absolute atomic E-state index is 0.0232. The fraction of sp³-hybridized carbons (Fsp3) is 0.545. The Morgan fingerprint density at radius 2 is 1.72 bits per heavy atom. The normalized spacial score (nSPS) is 20.1. The number of amides is 2. The van der Waals surface area contributed by atoms with Crippen molar-refractivity contribution in [2.75, 3.05) is 91.6 Å².